The van der Waals surface area contributed by atoms with Crippen LogP contribution in [0.1, 0.15) is 28.8 Å². The van der Waals surface area contributed by atoms with E-state index in [1.54, 1.807) is 0 Å². The van der Waals surface area contributed by atoms with Gasteiger partial charge in [-0.25, -0.2) is 4.79 Å². The van der Waals surface area contributed by atoms with Crippen molar-refractivity contribution in [2.24, 2.45) is 11.7 Å². The number of alkyl halides is 3. The summed E-state index contributed by atoms with van der Waals surface area (Å²) in [6.45, 7) is 0. The fourth-order valence-corrected chi connectivity index (χ4v) is 2.07. The quantitative estimate of drug-likeness (QED) is 0.776. The van der Waals surface area contributed by atoms with Crippen molar-refractivity contribution < 1.29 is 27.9 Å². The van der Waals surface area contributed by atoms with Gasteiger partial charge in [-0.2, -0.15) is 13.2 Å². The molecule has 0 aromatic heterocycles. The van der Waals surface area contributed by atoms with E-state index in [4.69, 9.17) is 10.8 Å². The molecule has 1 aliphatic carbocycles. The summed E-state index contributed by atoms with van der Waals surface area (Å²) >= 11 is 0. The minimum absolute atomic E-state index is 0.00775. The number of hydrogen-bond acceptors (Lipinski definition) is 3. The SMILES string of the molecule is NC(=O)c1ccc(NC(C(=O)O)C2CC2)cc1C(F)(F)F. The van der Waals surface area contributed by atoms with Crippen LogP contribution in [0.2, 0.25) is 0 Å². The van der Waals surface area contributed by atoms with Gasteiger partial charge in [0.1, 0.15) is 6.04 Å². The first-order chi connectivity index (χ1) is 9.70. The van der Waals surface area contributed by atoms with Gasteiger partial charge in [-0.05, 0) is 37.0 Å². The second kappa shape index (κ2) is 5.27. The van der Waals surface area contributed by atoms with Gasteiger partial charge in [0, 0.05) is 5.69 Å². The van der Waals surface area contributed by atoms with Crippen molar-refractivity contribution in [2.45, 2.75) is 25.1 Å². The minimum atomic E-state index is -4.75. The maximum absolute atomic E-state index is 12.9. The molecule has 0 bridgehead atoms. The lowest BCUT2D eigenvalue weighted by atomic mass is 10.0. The monoisotopic (exact) mass is 302 g/mol. The molecule has 1 unspecified atom stereocenters. The summed E-state index contributed by atoms with van der Waals surface area (Å²) in [4.78, 5) is 22.1. The highest BCUT2D eigenvalue weighted by Gasteiger charge is 2.38. The third kappa shape index (κ3) is 3.45. The van der Waals surface area contributed by atoms with E-state index in [0.29, 0.717) is 6.07 Å². The summed E-state index contributed by atoms with van der Waals surface area (Å²) in [5.41, 5.74) is 3.08. The van der Waals surface area contributed by atoms with Gasteiger partial charge < -0.3 is 16.2 Å². The first kappa shape index (κ1) is 15.1. The number of halogens is 3. The van der Waals surface area contributed by atoms with Crippen LogP contribution in [0.15, 0.2) is 18.2 Å². The zero-order valence-electron chi connectivity index (χ0n) is 10.8. The molecule has 1 atom stereocenters. The molecule has 1 saturated carbocycles. The molecule has 0 heterocycles. The summed E-state index contributed by atoms with van der Waals surface area (Å²) in [5, 5.41) is 11.6. The maximum atomic E-state index is 12.9. The normalized spacial score (nSPS) is 16.3. The summed E-state index contributed by atoms with van der Waals surface area (Å²) in [7, 11) is 0. The third-order valence-electron chi connectivity index (χ3n) is 3.27. The molecule has 0 aliphatic heterocycles. The van der Waals surface area contributed by atoms with Crippen LogP contribution in [-0.2, 0) is 11.0 Å². The van der Waals surface area contributed by atoms with Crippen molar-refractivity contribution in [3.63, 3.8) is 0 Å². The zero-order chi connectivity index (χ0) is 15.8. The molecule has 1 amide bonds. The molecule has 5 nitrogen and oxygen atoms in total. The van der Waals surface area contributed by atoms with Crippen molar-refractivity contribution >= 4 is 17.6 Å². The number of aliphatic carboxylic acids is 1. The van der Waals surface area contributed by atoms with Gasteiger partial charge in [0.15, 0.2) is 0 Å². The standard InChI is InChI=1S/C13H13F3N2O3/c14-13(15,16)9-5-7(3-4-8(9)11(17)19)18-10(12(20)21)6-1-2-6/h3-6,10,18H,1-2H2,(H2,17,19)(H,20,21). The molecule has 1 aliphatic rings. The van der Waals surface area contributed by atoms with E-state index in [2.05, 4.69) is 5.32 Å². The Bertz CT molecular complexity index is 583. The number of hydrogen-bond donors (Lipinski definition) is 3. The van der Waals surface area contributed by atoms with Crippen molar-refractivity contribution in [3.05, 3.63) is 29.3 Å². The lowest BCUT2D eigenvalue weighted by molar-refractivity contribution is -0.138. The number of primary amides is 1. The molecule has 4 N–H and O–H groups in total. The molecule has 1 fully saturated rings. The van der Waals surface area contributed by atoms with E-state index < -0.39 is 35.2 Å². The zero-order valence-corrected chi connectivity index (χ0v) is 10.8. The Kier molecular flexibility index (Phi) is 3.80. The third-order valence-corrected chi connectivity index (χ3v) is 3.27. The van der Waals surface area contributed by atoms with E-state index in [9.17, 15) is 22.8 Å². The van der Waals surface area contributed by atoms with Crippen LogP contribution in [0.4, 0.5) is 18.9 Å². The predicted molar refractivity (Wildman–Crippen MR) is 67.7 cm³/mol. The minimum Gasteiger partial charge on any atom is -0.480 e. The predicted octanol–water partition coefficient (Wildman–Crippen LogP) is 2.08. The number of carbonyl (C=O) groups excluding carboxylic acids is 1. The van der Waals surface area contributed by atoms with Crippen LogP contribution in [0.5, 0.6) is 0 Å². The number of nitrogens with one attached hydrogen (secondary N) is 1. The Hall–Kier alpha value is -2.25. The van der Waals surface area contributed by atoms with Crippen molar-refractivity contribution in [1.29, 1.82) is 0 Å². The second-order valence-electron chi connectivity index (χ2n) is 4.92. The Labute approximate surface area is 117 Å². The van der Waals surface area contributed by atoms with Crippen molar-refractivity contribution in [1.82, 2.24) is 0 Å². The van der Waals surface area contributed by atoms with Crippen molar-refractivity contribution in [3.8, 4) is 0 Å². The van der Waals surface area contributed by atoms with Crippen LogP contribution < -0.4 is 11.1 Å². The fourth-order valence-electron chi connectivity index (χ4n) is 2.07. The Balaban J connectivity index is 2.33. The van der Waals surface area contributed by atoms with Crippen LogP contribution in [0.25, 0.3) is 0 Å². The highest BCUT2D eigenvalue weighted by atomic mass is 19.4. The number of amides is 1. The van der Waals surface area contributed by atoms with Gasteiger partial charge in [0.05, 0.1) is 11.1 Å². The summed E-state index contributed by atoms with van der Waals surface area (Å²) in [6.07, 6.45) is -3.31. The second-order valence-corrected chi connectivity index (χ2v) is 4.92. The number of benzene rings is 1. The molecule has 1 aromatic carbocycles. The Morgan fingerprint density at radius 3 is 2.38 bits per heavy atom. The first-order valence-electron chi connectivity index (χ1n) is 6.20. The van der Waals surface area contributed by atoms with Gasteiger partial charge in [-0.3, -0.25) is 4.79 Å². The number of carboxylic acids is 1. The molecule has 0 spiro atoms. The number of carboxylic acid groups (broad SMARTS) is 1. The Morgan fingerprint density at radius 1 is 1.33 bits per heavy atom. The van der Waals surface area contributed by atoms with E-state index in [0.717, 1.165) is 18.9 Å². The summed E-state index contributed by atoms with van der Waals surface area (Å²) in [6, 6.07) is 1.93. The number of anilines is 1. The molecule has 0 radical (unpaired) electrons. The highest BCUT2D eigenvalue weighted by molar-refractivity contribution is 5.95. The first-order valence-corrected chi connectivity index (χ1v) is 6.20. The van der Waals surface area contributed by atoms with E-state index in [-0.39, 0.29) is 11.6 Å². The van der Waals surface area contributed by atoms with Gasteiger partial charge in [0.25, 0.3) is 0 Å². The average molecular weight is 302 g/mol. The maximum Gasteiger partial charge on any atom is 0.417 e. The molecule has 21 heavy (non-hydrogen) atoms. The summed E-state index contributed by atoms with van der Waals surface area (Å²) < 4.78 is 38.7. The number of carbonyl (C=O) groups is 2. The van der Waals surface area contributed by atoms with Gasteiger partial charge in [0.2, 0.25) is 5.91 Å². The van der Waals surface area contributed by atoms with E-state index in [1.165, 1.54) is 6.07 Å². The average Bonchev–Trinajstić information content (AvgIpc) is 3.18. The van der Waals surface area contributed by atoms with Gasteiger partial charge >= 0.3 is 12.1 Å². The summed E-state index contributed by atoms with van der Waals surface area (Å²) in [5.74, 6) is -2.40. The molecule has 2 rings (SSSR count). The highest BCUT2D eigenvalue weighted by Crippen LogP contribution is 2.37. The van der Waals surface area contributed by atoms with E-state index >= 15 is 0 Å². The lowest BCUT2D eigenvalue weighted by Crippen LogP contribution is -2.31. The largest absolute Gasteiger partial charge is 0.480 e. The molecular formula is C13H13F3N2O3. The van der Waals surface area contributed by atoms with Crippen molar-refractivity contribution in [2.75, 3.05) is 5.32 Å². The van der Waals surface area contributed by atoms with Crippen LogP contribution in [0.3, 0.4) is 0 Å². The van der Waals surface area contributed by atoms with Crippen LogP contribution in [0, 0.1) is 5.92 Å². The lowest BCUT2D eigenvalue weighted by Gasteiger charge is -2.17. The molecule has 0 saturated heterocycles. The Morgan fingerprint density at radius 2 is 1.95 bits per heavy atom. The van der Waals surface area contributed by atoms with E-state index in [1.807, 2.05) is 0 Å². The molecule has 114 valence electrons. The smallest absolute Gasteiger partial charge is 0.417 e. The fraction of sp³-hybridized carbons (Fsp3) is 0.385. The van der Waals surface area contributed by atoms with Gasteiger partial charge in [-0.1, -0.05) is 0 Å². The topological polar surface area (TPSA) is 92.4 Å². The number of nitrogens with two attached hydrogens (primary N) is 1. The molecular weight excluding hydrogens is 289 g/mol. The van der Waals surface area contributed by atoms with Gasteiger partial charge in [-0.15, -0.1) is 0 Å². The van der Waals surface area contributed by atoms with Crippen LogP contribution in [-0.4, -0.2) is 23.0 Å². The molecule has 8 heteroatoms. The number of rotatable bonds is 5. The van der Waals surface area contributed by atoms with Crippen LogP contribution >= 0.6 is 0 Å². The molecule has 1 aromatic rings.